The molecule has 0 aromatic carbocycles. The molecular weight excluding hydrogens is 280 g/mol. The van der Waals surface area contributed by atoms with Crippen LogP contribution in [0.4, 0.5) is 0 Å². The first-order valence-corrected chi connectivity index (χ1v) is 9.11. The molecule has 2 nitrogen and oxygen atoms in total. The maximum atomic E-state index is 5.49. The first-order valence-electron chi connectivity index (χ1n) is 6.61. The lowest BCUT2D eigenvalue weighted by atomic mass is 9.97. The number of aromatic amines is 1. The quantitative estimate of drug-likeness (QED) is 0.795. The smallest absolute Gasteiger partial charge is 0.133 e. The van der Waals surface area contributed by atoms with Crippen LogP contribution in [0.1, 0.15) is 42.1 Å². The van der Waals surface area contributed by atoms with Crippen molar-refractivity contribution in [1.29, 1.82) is 0 Å². The molecule has 18 heavy (non-hydrogen) atoms. The van der Waals surface area contributed by atoms with Gasteiger partial charge >= 0.3 is 0 Å². The van der Waals surface area contributed by atoms with E-state index in [9.17, 15) is 0 Å². The van der Waals surface area contributed by atoms with Gasteiger partial charge < -0.3 is 4.98 Å². The Morgan fingerprint density at radius 1 is 1.22 bits per heavy atom. The number of nitrogens with zero attached hydrogens (tertiary/aromatic N) is 1. The summed E-state index contributed by atoms with van der Waals surface area (Å²) in [5, 5.41) is 1.11. The molecular formula is C13H18N2S3. The van der Waals surface area contributed by atoms with Crippen LogP contribution in [0.5, 0.6) is 0 Å². The molecule has 0 bridgehead atoms. The fourth-order valence-corrected chi connectivity index (χ4v) is 5.74. The van der Waals surface area contributed by atoms with Crippen molar-refractivity contribution in [3.8, 4) is 0 Å². The lowest BCUT2D eigenvalue weighted by Gasteiger charge is -2.28. The van der Waals surface area contributed by atoms with Crippen molar-refractivity contribution in [2.45, 2.75) is 43.1 Å². The van der Waals surface area contributed by atoms with Gasteiger partial charge in [0.25, 0.3) is 0 Å². The van der Waals surface area contributed by atoms with Crippen molar-refractivity contribution < 1.29 is 0 Å². The summed E-state index contributed by atoms with van der Waals surface area (Å²) in [5.74, 6) is 3.60. The Kier molecular flexibility index (Phi) is 4.01. The number of aryl methyl sites for hydroxylation is 1. The summed E-state index contributed by atoms with van der Waals surface area (Å²) in [6.07, 6.45) is 4.80. The molecule has 2 heterocycles. The van der Waals surface area contributed by atoms with Crippen molar-refractivity contribution in [2.24, 2.45) is 0 Å². The predicted octanol–water partition coefficient (Wildman–Crippen LogP) is 3.93. The standard InChI is InChI=1S/C13H18N2S3/c1-8-11(18-7-6-17-8)12-14-10-5-3-2-4-9(10)13(16)15-12/h8,11H,2-7H2,1H3,(H,14,15,16). The van der Waals surface area contributed by atoms with Crippen LogP contribution in [0.25, 0.3) is 0 Å². The summed E-state index contributed by atoms with van der Waals surface area (Å²) < 4.78 is 0.849. The van der Waals surface area contributed by atoms with E-state index in [0.717, 1.165) is 23.3 Å². The Balaban J connectivity index is 1.97. The molecule has 1 aromatic rings. The van der Waals surface area contributed by atoms with E-state index in [0.29, 0.717) is 10.5 Å². The molecule has 1 fully saturated rings. The first kappa shape index (κ1) is 13.0. The highest BCUT2D eigenvalue weighted by Crippen LogP contribution is 2.41. The van der Waals surface area contributed by atoms with Crippen molar-refractivity contribution in [1.82, 2.24) is 9.97 Å². The van der Waals surface area contributed by atoms with Gasteiger partial charge in [0.15, 0.2) is 0 Å². The van der Waals surface area contributed by atoms with E-state index in [4.69, 9.17) is 12.2 Å². The molecule has 0 spiro atoms. The van der Waals surface area contributed by atoms with Crippen molar-refractivity contribution in [3.63, 3.8) is 0 Å². The summed E-state index contributed by atoms with van der Waals surface area (Å²) in [7, 11) is 0. The van der Waals surface area contributed by atoms with E-state index in [2.05, 4.69) is 16.9 Å². The Morgan fingerprint density at radius 3 is 2.83 bits per heavy atom. The number of nitrogens with one attached hydrogen (secondary N) is 1. The summed E-state index contributed by atoms with van der Waals surface area (Å²) in [6, 6.07) is 0. The maximum absolute atomic E-state index is 5.49. The third-order valence-electron chi connectivity index (χ3n) is 3.68. The minimum Gasteiger partial charge on any atom is -0.346 e. The number of thioether (sulfide) groups is 2. The highest BCUT2D eigenvalue weighted by atomic mass is 32.2. The SMILES string of the molecule is CC1SCCSC1c1nc(=S)c2c([nH]1)CCCC2. The van der Waals surface area contributed by atoms with Gasteiger partial charge in [0.05, 0.1) is 5.25 Å². The molecule has 3 rings (SSSR count). The van der Waals surface area contributed by atoms with E-state index in [1.54, 1.807) is 0 Å². The second-order valence-corrected chi connectivity index (χ2v) is 8.08. The molecule has 0 saturated carbocycles. The van der Waals surface area contributed by atoms with Gasteiger partial charge in [0.2, 0.25) is 0 Å². The molecule has 2 aliphatic rings. The summed E-state index contributed by atoms with van der Waals surface area (Å²) in [5.41, 5.74) is 2.67. The molecule has 1 N–H and O–H groups in total. The van der Waals surface area contributed by atoms with Crippen LogP contribution < -0.4 is 0 Å². The van der Waals surface area contributed by atoms with Crippen LogP contribution in [0.3, 0.4) is 0 Å². The van der Waals surface area contributed by atoms with Crippen molar-refractivity contribution in [2.75, 3.05) is 11.5 Å². The summed E-state index contributed by atoms with van der Waals surface area (Å²) in [6.45, 7) is 2.31. The zero-order valence-corrected chi connectivity index (χ0v) is 13.0. The highest BCUT2D eigenvalue weighted by molar-refractivity contribution is 8.06. The predicted molar refractivity (Wildman–Crippen MR) is 83.2 cm³/mol. The topological polar surface area (TPSA) is 28.7 Å². The van der Waals surface area contributed by atoms with Crippen LogP contribution in [0, 0.1) is 4.64 Å². The van der Waals surface area contributed by atoms with Gasteiger partial charge in [-0.2, -0.15) is 11.8 Å². The average molecular weight is 299 g/mol. The molecule has 5 heteroatoms. The second kappa shape index (κ2) is 5.55. The van der Waals surface area contributed by atoms with Gasteiger partial charge in [-0.1, -0.05) is 19.1 Å². The van der Waals surface area contributed by atoms with Gasteiger partial charge in [-0.25, -0.2) is 4.98 Å². The van der Waals surface area contributed by atoms with Gasteiger partial charge in [0.1, 0.15) is 10.5 Å². The lowest BCUT2D eigenvalue weighted by Crippen LogP contribution is -2.20. The fourth-order valence-electron chi connectivity index (χ4n) is 2.71. The second-order valence-electron chi connectivity index (χ2n) is 4.96. The number of aromatic nitrogens is 2. The third-order valence-corrected chi connectivity index (χ3v) is 7.12. The van der Waals surface area contributed by atoms with Gasteiger partial charge in [-0.15, -0.1) is 11.8 Å². The van der Waals surface area contributed by atoms with E-state index in [-0.39, 0.29) is 0 Å². The Labute approximate surface area is 122 Å². The number of hydrogen-bond donors (Lipinski definition) is 1. The van der Waals surface area contributed by atoms with Crippen molar-refractivity contribution >= 4 is 35.7 Å². The van der Waals surface area contributed by atoms with E-state index >= 15 is 0 Å². The normalized spacial score (nSPS) is 27.8. The summed E-state index contributed by atoms with van der Waals surface area (Å²) in [4.78, 5) is 8.28. The molecule has 1 saturated heterocycles. The van der Waals surface area contributed by atoms with E-state index < -0.39 is 0 Å². The summed E-state index contributed by atoms with van der Waals surface area (Å²) >= 11 is 9.56. The minimum absolute atomic E-state index is 0.484. The number of rotatable bonds is 1. The lowest BCUT2D eigenvalue weighted by molar-refractivity contribution is 0.647. The van der Waals surface area contributed by atoms with Crippen LogP contribution in [0.2, 0.25) is 0 Å². The van der Waals surface area contributed by atoms with Crippen LogP contribution in [-0.2, 0) is 12.8 Å². The number of hydrogen-bond acceptors (Lipinski definition) is 4. The molecule has 0 amide bonds. The molecule has 98 valence electrons. The monoisotopic (exact) mass is 298 g/mol. The third kappa shape index (κ3) is 2.49. The first-order chi connectivity index (χ1) is 8.75. The number of fused-ring (bicyclic) bond motifs is 1. The fraction of sp³-hybridized carbons (Fsp3) is 0.692. The van der Waals surface area contributed by atoms with Gasteiger partial charge in [-0.05, 0) is 25.7 Å². The largest absolute Gasteiger partial charge is 0.346 e. The molecule has 1 aliphatic heterocycles. The van der Waals surface area contributed by atoms with Crippen molar-refractivity contribution in [3.05, 3.63) is 21.7 Å². The van der Waals surface area contributed by atoms with Gasteiger partial charge in [0, 0.05) is 28.0 Å². The molecule has 2 unspecified atom stereocenters. The Hall–Kier alpha value is -0.0000000000000000555. The Bertz CT molecular complexity index is 497. The minimum atomic E-state index is 0.484. The highest BCUT2D eigenvalue weighted by Gasteiger charge is 2.27. The zero-order chi connectivity index (χ0) is 12.5. The van der Waals surface area contributed by atoms with Crippen LogP contribution in [0.15, 0.2) is 0 Å². The van der Waals surface area contributed by atoms with Crippen LogP contribution in [-0.4, -0.2) is 26.7 Å². The number of H-pyrrole nitrogens is 1. The maximum Gasteiger partial charge on any atom is 0.133 e. The average Bonchev–Trinajstić information content (AvgIpc) is 2.39. The molecule has 1 aliphatic carbocycles. The molecule has 0 radical (unpaired) electrons. The zero-order valence-electron chi connectivity index (χ0n) is 10.6. The van der Waals surface area contributed by atoms with Gasteiger partial charge in [-0.3, -0.25) is 0 Å². The van der Waals surface area contributed by atoms with Crippen LogP contribution >= 0.6 is 35.7 Å². The molecule has 1 aromatic heterocycles. The van der Waals surface area contributed by atoms with E-state index in [1.807, 2.05) is 23.5 Å². The molecule has 2 atom stereocenters. The van der Waals surface area contributed by atoms with E-state index in [1.165, 1.54) is 35.6 Å². The Morgan fingerprint density at radius 2 is 2.00 bits per heavy atom.